The van der Waals surface area contributed by atoms with Crippen LogP contribution in [0.3, 0.4) is 0 Å². The van der Waals surface area contributed by atoms with Crippen molar-refractivity contribution in [1.29, 1.82) is 0 Å². The van der Waals surface area contributed by atoms with E-state index in [0.717, 1.165) is 38.6 Å². The first-order valence-corrected chi connectivity index (χ1v) is 6.75. The molecule has 3 heteroatoms. The molecule has 0 saturated carbocycles. The monoisotopic (exact) mass is 228 g/mol. The molecule has 1 aliphatic rings. The number of nitrogens with one attached hydrogen (secondary N) is 1. The molecule has 1 heterocycles. The van der Waals surface area contributed by atoms with E-state index in [1.165, 1.54) is 19.5 Å². The number of nitrogens with zero attached hydrogens (tertiary/aromatic N) is 1. The average molecular weight is 228 g/mol. The molecule has 0 bridgehead atoms. The van der Waals surface area contributed by atoms with Gasteiger partial charge in [-0.15, -0.1) is 0 Å². The fraction of sp³-hybridized carbons (Fsp3) is 1.00. The van der Waals surface area contributed by atoms with Crippen LogP contribution >= 0.6 is 0 Å². The maximum atomic E-state index is 5.54. The molecule has 0 aromatic rings. The van der Waals surface area contributed by atoms with Crippen molar-refractivity contribution in [2.75, 3.05) is 39.4 Å². The lowest BCUT2D eigenvalue weighted by molar-refractivity contribution is 0.0899. The van der Waals surface area contributed by atoms with E-state index in [4.69, 9.17) is 4.74 Å². The highest BCUT2D eigenvalue weighted by Crippen LogP contribution is 2.09. The number of rotatable bonds is 7. The van der Waals surface area contributed by atoms with Crippen LogP contribution in [-0.2, 0) is 4.74 Å². The van der Waals surface area contributed by atoms with Crippen LogP contribution in [0.4, 0.5) is 0 Å². The van der Waals surface area contributed by atoms with Crippen LogP contribution in [0.2, 0.25) is 0 Å². The lowest BCUT2D eigenvalue weighted by Crippen LogP contribution is -2.51. The second kappa shape index (κ2) is 8.04. The summed E-state index contributed by atoms with van der Waals surface area (Å²) in [5.74, 6) is 0.786. The molecule has 1 saturated heterocycles. The summed E-state index contributed by atoms with van der Waals surface area (Å²) in [6.45, 7) is 13.1. The first-order chi connectivity index (χ1) is 7.72. The fourth-order valence-corrected chi connectivity index (χ4v) is 2.26. The zero-order valence-electron chi connectivity index (χ0n) is 11.2. The normalized spacial score (nSPS) is 22.9. The second-order valence-electron chi connectivity index (χ2n) is 5.19. The van der Waals surface area contributed by atoms with Gasteiger partial charge in [-0.05, 0) is 18.8 Å². The third-order valence-electron chi connectivity index (χ3n) is 3.00. The van der Waals surface area contributed by atoms with Crippen molar-refractivity contribution in [2.24, 2.45) is 5.92 Å². The van der Waals surface area contributed by atoms with Crippen molar-refractivity contribution < 1.29 is 4.74 Å². The van der Waals surface area contributed by atoms with Gasteiger partial charge in [0.1, 0.15) is 0 Å². The van der Waals surface area contributed by atoms with Crippen molar-refractivity contribution >= 4 is 0 Å². The summed E-state index contributed by atoms with van der Waals surface area (Å²) in [7, 11) is 0. The molecule has 1 N–H and O–H groups in total. The molecule has 1 unspecified atom stereocenters. The Kier molecular flexibility index (Phi) is 7.01. The van der Waals surface area contributed by atoms with Crippen molar-refractivity contribution in [3.8, 4) is 0 Å². The second-order valence-corrected chi connectivity index (χ2v) is 5.19. The highest BCUT2D eigenvalue weighted by Gasteiger charge is 2.19. The largest absolute Gasteiger partial charge is 0.380 e. The number of hydrogen-bond donors (Lipinski definition) is 1. The third kappa shape index (κ3) is 5.83. The zero-order valence-corrected chi connectivity index (χ0v) is 11.2. The molecule has 1 aliphatic heterocycles. The molecule has 1 rings (SSSR count). The third-order valence-corrected chi connectivity index (χ3v) is 3.00. The van der Waals surface area contributed by atoms with Crippen LogP contribution in [0.5, 0.6) is 0 Å². The summed E-state index contributed by atoms with van der Waals surface area (Å²) in [4.78, 5) is 2.53. The molecule has 0 aromatic carbocycles. The summed E-state index contributed by atoms with van der Waals surface area (Å²) in [6.07, 6.45) is 2.41. The molecule has 0 radical (unpaired) electrons. The Morgan fingerprint density at radius 3 is 2.88 bits per heavy atom. The summed E-state index contributed by atoms with van der Waals surface area (Å²) in [6, 6.07) is 0.680. The lowest BCUT2D eigenvalue weighted by Gasteiger charge is -2.34. The van der Waals surface area contributed by atoms with Gasteiger partial charge in [-0.2, -0.15) is 0 Å². The first-order valence-electron chi connectivity index (χ1n) is 6.75. The number of hydrogen-bond acceptors (Lipinski definition) is 3. The summed E-state index contributed by atoms with van der Waals surface area (Å²) in [5, 5.41) is 3.60. The average Bonchev–Trinajstić information content (AvgIpc) is 2.24. The smallest absolute Gasteiger partial charge is 0.0593 e. The van der Waals surface area contributed by atoms with Gasteiger partial charge in [0.2, 0.25) is 0 Å². The van der Waals surface area contributed by atoms with Crippen molar-refractivity contribution in [3.63, 3.8) is 0 Å². The van der Waals surface area contributed by atoms with E-state index in [0.29, 0.717) is 6.04 Å². The molecule has 3 nitrogen and oxygen atoms in total. The molecule has 0 amide bonds. The van der Waals surface area contributed by atoms with E-state index in [9.17, 15) is 0 Å². The predicted octanol–water partition coefficient (Wildman–Crippen LogP) is 1.73. The van der Waals surface area contributed by atoms with E-state index >= 15 is 0 Å². The quantitative estimate of drug-likeness (QED) is 0.672. The molecule has 0 aromatic heterocycles. The van der Waals surface area contributed by atoms with E-state index in [2.05, 4.69) is 31.0 Å². The number of ether oxygens (including phenoxy) is 1. The minimum Gasteiger partial charge on any atom is -0.380 e. The Morgan fingerprint density at radius 1 is 1.38 bits per heavy atom. The molecule has 1 fully saturated rings. The number of piperazine rings is 1. The Bertz CT molecular complexity index is 173. The molecule has 1 atom stereocenters. The van der Waals surface area contributed by atoms with Gasteiger partial charge in [-0.25, -0.2) is 0 Å². The highest BCUT2D eigenvalue weighted by molar-refractivity contribution is 4.79. The summed E-state index contributed by atoms with van der Waals surface area (Å²) < 4.78 is 5.54. The zero-order chi connectivity index (χ0) is 11.8. The van der Waals surface area contributed by atoms with Gasteiger partial charge >= 0.3 is 0 Å². The van der Waals surface area contributed by atoms with Gasteiger partial charge in [-0.1, -0.05) is 20.8 Å². The van der Waals surface area contributed by atoms with Crippen molar-refractivity contribution in [1.82, 2.24) is 10.2 Å². The van der Waals surface area contributed by atoms with Crippen LogP contribution < -0.4 is 5.32 Å². The molecule has 16 heavy (non-hydrogen) atoms. The van der Waals surface area contributed by atoms with Gasteiger partial charge in [0.15, 0.2) is 0 Å². The minimum absolute atomic E-state index is 0.680. The molecular weight excluding hydrogens is 200 g/mol. The van der Waals surface area contributed by atoms with Crippen molar-refractivity contribution in [3.05, 3.63) is 0 Å². The predicted molar refractivity (Wildman–Crippen MR) is 68.8 cm³/mol. The highest BCUT2D eigenvalue weighted by atomic mass is 16.5. The standard InChI is InChI=1S/C13H28N2O/c1-4-8-16-9-7-15-6-5-14-13(11-15)10-12(2)3/h12-14H,4-11H2,1-3H3. The van der Waals surface area contributed by atoms with Gasteiger partial charge in [0.05, 0.1) is 6.61 Å². The Labute approximate surface area is 101 Å². The van der Waals surface area contributed by atoms with Gasteiger partial charge in [0, 0.05) is 38.8 Å². The molecule has 0 spiro atoms. The first kappa shape index (κ1) is 13.9. The van der Waals surface area contributed by atoms with E-state index in [1.807, 2.05) is 0 Å². The fourth-order valence-electron chi connectivity index (χ4n) is 2.26. The summed E-state index contributed by atoms with van der Waals surface area (Å²) in [5.41, 5.74) is 0. The summed E-state index contributed by atoms with van der Waals surface area (Å²) >= 11 is 0. The van der Waals surface area contributed by atoms with Crippen LogP contribution in [0.25, 0.3) is 0 Å². The van der Waals surface area contributed by atoms with E-state index < -0.39 is 0 Å². The minimum atomic E-state index is 0.680. The Balaban J connectivity index is 2.12. The van der Waals surface area contributed by atoms with Gasteiger partial charge < -0.3 is 10.1 Å². The van der Waals surface area contributed by atoms with Crippen LogP contribution in [0.1, 0.15) is 33.6 Å². The molecular formula is C13H28N2O. The molecule has 96 valence electrons. The van der Waals surface area contributed by atoms with E-state index in [1.54, 1.807) is 0 Å². The van der Waals surface area contributed by atoms with Crippen LogP contribution in [-0.4, -0.2) is 50.3 Å². The van der Waals surface area contributed by atoms with Crippen LogP contribution in [0.15, 0.2) is 0 Å². The Hall–Kier alpha value is -0.120. The van der Waals surface area contributed by atoms with Crippen LogP contribution in [0, 0.1) is 5.92 Å². The maximum Gasteiger partial charge on any atom is 0.0593 e. The van der Waals surface area contributed by atoms with E-state index in [-0.39, 0.29) is 0 Å². The lowest BCUT2D eigenvalue weighted by atomic mass is 10.0. The maximum absolute atomic E-state index is 5.54. The topological polar surface area (TPSA) is 24.5 Å². The van der Waals surface area contributed by atoms with Crippen molar-refractivity contribution in [2.45, 2.75) is 39.7 Å². The Morgan fingerprint density at radius 2 is 2.19 bits per heavy atom. The van der Waals surface area contributed by atoms with Gasteiger partial charge in [-0.3, -0.25) is 4.90 Å². The molecule has 0 aliphatic carbocycles. The SMILES string of the molecule is CCCOCCN1CCNC(CC(C)C)C1. The van der Waals surface area contributed by atoms with Gasteiger partial charge in [0.25, 0.3) is 0 Å².